The average molecular weight is 729 g/mol. The van der Waals surface area contributed by atoms with Gasteiger partial charge in [0.15, 0.2) is 25.8 Å². The Bertz CT molecular complexity index is 1490. The van der Waals surface area contributed by atoms with Gasteiger partial charge in [0.05, 0.1) is 31.5 Å². The van der Waals surface area contributed by atoms with Gasteiger partial charge in [-0.25, -0.2) is 4.79 Å². The number of carbonyl (C=O) groups excluding carboxylic acids is 3. The number of amides is 1. The van der Waals surface area contributed by atoms with Crippen LogP contribution in [0.3, 0.4) is 0 Å². The standard InChI is InChI=1S/C39H60N2O9Si/c1-12-36(7)24-27(42)39(45)37(8)28(49-51(10,11)34(2,3)4)18-19-35(5,6)31(37)30(47-29(43)25-41-20-22-46-23-21-41)32(38(39,9)50-36)48-33(44)40-26-16-14-13-15-17-26/h12-17,28,30-32,45H,1,18-25H2,2-11H3,(H,40,44)/t28-,30-,31-,32-,36-,37-,38+,39-/m0/s1. The van der Waals surface area contributed by atoms with Crippen LogP contribution in [0.25, 0.3) is 0 Å². The Morgan fingerprint density at radius 1 is 1.08 bits per heavy atom. The van der Waals surface area contributed by atoms with Crippen molar-refractivity contribution in [2.45, 2.75) is 128 Å². The molecule has 1 aromatic carbocycles. The lowest BCUT2D eigenvalue weighted by molar-refractivity contribution is -0.367. The van der Waals surface area contributed by atoms with Crippen LogP contribution < -0.4 is 5.32 Å². The molecule has 0 spiro atoms. The van der Waals surface area contributed by atoms with Crippen molar-refractivity contribution in [2.24, 2.45) is 16.7 Å². The van der Waals surface area contributed by atoms with Gasteiger partial charge in [0.1, 0.15) is 11.7 Å². The number of fused-ring (bicyclic) bond motifs is 3. The fraction of sp³-hybridized carbons (Fsp3) is 0.718. The van der Waals surface area contributed by atoms with E-state index in [0.29, 0.717) is 44.8 Å². The highest BCUT2D eigenvalue weighted by Gasteiger charge is 2.82. The molecule has 4 aliphatic rings. The molecule has 8 atom stereocenters. The van der Waals surface area contributed by atoms with E-state index in [4.69, 9.17) is 23.4 Å². The normalized spacial score (nSPS) is 37.0. The average Bonchev–Trinajstić information content (AvgIpc) is 3.03. The van der Waals surface area contributed by atoms with Crippen LogP contribution in [-0.4, -0.2) is 104 Å². The van der Waals surface area contributed by atoms with E-state index in [9.17, 15) is 19.5 Å². The van der Waals surface area contributed by atoms with Gasteiger partial charge in [-0.05, 0) is 62.4 Å². The third-order valence-electron chi connectivity index (χ3n) is 12.9. The molecule has 2 saturated heterocycles. The van der Waals surface area contributed by atoms with Gasteiger partial charge in [-0.2, -0.15) is 0 Å². The number of benzene rings is 1. The Morgan fingerprint density at radius 3 is 2.29 bits per heavy atom. The molecule has 2 saturated carbocycles. The minimum atomic E-state index is -2.50. The van der Waals surface area contributed by atoms with E-state index in [2.05, 4.69) is 59.6 Å². The maximum absolute atomic E-state index is 14.9. The second kappa shape index (κ2) is 13.7. The van der Waals surface area contributed by atoms with Gasteiger partial charge >= 0.3 is 12.1 Å². The molecule has 1 aromatic rings. The summed E-state index contributed by atoms with van der Waals surface area (Å²) in [7, 11) is -2.50. The summed E-state index contributed by atoms with van der Waals surface area (Å²) in [5, 5.41) is 16.1. The first-order valence-electron chi connectivity index (χ1n) is 18.3. The number of para-hydroxylation sites is 1. The number of nitrogens with zero attached hydrogens (tertiary/aromatic N) is 1. The van der Waals surface area contributed by atoms with Crippen molar-refractivity contribution in [3.63, 3.8) is 0 Å². The molecule has 5 rings (SSSR count). The predicted molar refractivity (Wildman–Crippen MR) is 197 cm³/mol. The summed E-state index contributed by atoms with van der Waals surface area (Å²) < 4.78 is 32.5. The van der Waals surface area contributed by atoms with Crippen LogP contribution in [0.2, 0.25) is 18.1 Å². The fourth-order valence-electron chi connectivity index (χ4n) is 9.17. The largest absolute Gasteiger partial charge is 0.457 e. The number of ether oxygens (including phenoxy) is 4. The fourth-order valence-corrected chi connectivity index (χ4v) is 10.6. The predicted octanol–water partition coefficient (Wildman–Crippen LogP) is 6.12. The Labute approximate surface area is 304 Å². The van der Waals surface area contributed by atoms with Gasteiger partial charge in [-0.1, -0.05) is 65.8 Å². The molecule has 1 amide bonds. The Morgan fingerprint density at radius 2 is 1.71 bits per heavy atom. The molecule has 0 bridgehead atoms. The molecular formula is C39H60N2O9Si. The zero-order valence-electron chi connectivity index (χ0n) is 32.3. The SMILES string of the molecule is C=C[C@@]1(C)CC(=O)[C@]2(O)[C@@]3(C)[C@@H](O[Si](C)(C)C(C)(C)C)CCC(C)(C)[C@@H]3[C@H](OC(=O)CN3CCOCC3)[C@H](OC(=O)Nc3ccccc3)[C@@]2(C)O1. The number of anilines is 1. The zero-order chi connectivity index (χ0) is 37.8. The first-order valence-corrected chi connectivity index (χ1v) is 21.2. The van der Waals surface area contributed by atoms with Crippen LogP contribution in [0, 0.1) is 16.7 Å². The first-order chi connectivity index (χ1) is 23.5. The molecule has 0 aromatic heterocycles. The number of hydrogen-bond donors (Lipinski definition) is 2. The Kier molecular flexibility index (Phi) is 10.6. The van der Waals surface area contributed by atoms with E-state index in [-0.39, 0.29) is 18.0 Å². The molecule has 0 radical (unpaired) electrons. The van der Waals surface area contributed by atoms with Crippen molar-refractivity contribution in [1.82, 2.24) is 4.90 Å². The molecule has 51 heavy (non-hydrogen) atoms. The van der Waals surface area contributed by atoms with Crippen molar-refractivity contribution < 1.29 is 42.9 Å². The molecular weight excluding hydrogens is 669 g/mol. The number of rotatable bonds is 8. The Hall–Kier alpha value is -2.61. The summed E-state index contributed by atoms with van der Waals surface area (Å²) in [4.78, 5) is 44.8. The highest BCUT2D eigenvalue weighted by atomic mass is 28.4. The molecule has 284 valence electrons. The molecule has 2 heterocycles. The lowest BCUT2D eigenvalue weighted by Crippen LogP contribution is -2.87. The highest BCUT2D eigenvalue weighted by Crippen LogP contribution is 2.68. The van der Waals surface area contributed by atoms with Crippen LogP contribution in [0.1, 0.15) is 74.7 Å². The second-order valence-electron chi connectivity index (χ2n) is 17.9. The summed E-state index contributed by atoms with van der Waals surface area (Å²) in [6.45, 7) is 26.3. The van der Waals surface area contributed by atoms with Crippen molar-refractivity contribution in [2.75, 3.05) is 38.2 Å². The minimum Gasteiger partial charge on any atom is -0.457 e. The van der Waals surface area contributed by atoms with Gasteiger partial charge in [0.2, 0.25) is 0 Å². The number of esters is 1. The third-order valence-corrected chi connectivity index (χ3v) is 17.4. The van der Waals surface area contributed by atoms with E-state index >= 15 is 0 Å². The molecule has 2 N–H and O–H groups in total. The number of aliphatic hydroxyl groups is 1. The molecule has 12 heteroatoms. The van der Waals surface area contributed by atoms with Gasteiger partial charge in [0, 0.05) is 36.5 Å². The minimum absolute atomic E-state index is 0.00168. The van der Waals surface area contributed by atoms with Crippen molar-refractivity contribution in [1.29, 1.82) is 0 Å². The van der Waals surface area contributed by atoms with Gasteiger partial charge < -0.3 is 28.5 Å². The van der Waals surface area contributed by atoms with Crippen molar-refractivity contribution in [3.8, 4) is 0 Å². The van der Waals surface area contributed by atoms with Crippen LogP contribution >= 0.6 is 0 Å². The third kappa shape index (κ3) is 6.85. The summed E-state index contributed by atoms with van der Waals surface area (Å²) in [5.74, 6) is -1.66. The van der Waals surface area contributed by atoms with E-state index < -0.39 is 78.0 Å². The number of hydrogen-bond acceptors (Lipinski definition) is 10. The van der Waals surface area contributed by atoms with E-state index in [1.807, 2.05) is 17.9 Å². The number of carbonyl (C=O) groups is 3. The maximum atomic E-state index is 14.9. The molecule has 2 aliphatic carbocycles. The monoisotopic (exact) mass is 728 g/mol. The summed E-state index contributed by atoms with van der Waals surface area (Å²) in [5.41, 5.74) is -6.83. The molecule has 2 aliphatic heterocycles. The van der Waals surface area contributed by atoms with Gasteiger partial charge in [-0.3, -0.25) is 19.8 Å². The van der Waals surface area contributed by atoms with E-state index in [1.54, 1.807) is 44.2 Å². The highest BCUT2D eigenvalue weighted by molar-refractivity contribution is 6.74. The van der Waals surface area contributed by atoms with Crippen molar-refractivity contribution >= 4 is 31.9 Å². The Balaban J connectivity index is 1.71. The number of ketones is 1. The van der Waals surface area contributed by atoms with Crippen LogP contribution in [0.4, 0.5) is 10.5 Å². The van der Waals surface area contributed by atoms with Crippen LogP contribution in [-0.2, 0) is 33.0 Å². The van der Waals surface area contributed by atoms with Crippen LogP contribution in [0.15, 0.2) is 43.0 Å². The number of nitrogens with one attached hydrogen (secondary N) is 1. The second-order valence-corrected chi connectivity index (χ2v) is 22.6. The lowest BCUT2D eigenvalue weighted by atomic mass is 9.39. The molecule has 4 fully saturated rings. The maximum Gasteiger partial charge on any atom is 0.412 e. The van der Waals surface area contributed by atoms with Gasteiger partial charge in [-0.15, -0.1) is 6.58 Å². The van der Waals surface area contributed by atoms with Crippen LogP contribution in [0.5, 0.6) is 0 Å². The van der Waals surface area contributed by atoms with Crippen molar-refractivity contribution in [3.05, 3.63) is 43.0 Å². The topological polar surface area (TPSA) is 133 Å². The molecule has 11 nitrogen and oxygen atoms in total. The molecule has 0 unspecified atom stereocenters. The summed E-state index contributed by atoms with van der Waals surface area (Å²) in [6.07, 6.45) is -1.38. The smallest absolute Gasteiger partial charge is 0.412 e. The van der Waals surface area contributed by atoms with E-state index in [1.165, 1.54) is 0 Å². The van der Waals surface area contributed by atoms with Gasteiger partial charge in [0.25, 0.3) is 0 Å². The number of Topliss-reactive ketones (excluding diaryl/α,β-unsaturated/α-hetero) is 1. The number of morpholine rings is 1. The summed E-state index contributed by atoms with van der Waals surface area (Å²) in [6, 6.07) is 8.83. The summed E-state index contributed by atoms with van der Waals surface area (Å²) >= 11 is 0. The van der Waals surface area contributed by atoms with E-state index in [0.717, 1.165) is 0 Å². The first kappa shape index (κ1) is 39.6. The zero-order valence-corrected chi connectivity index (χ0v) is 33.3. The lowest BCUT2D eigenvalue weighted by Gasteiger charge is -2.72. The quantitative estimate of drug-likeness (QED) is 0.183.